The number of likely N-dealkylation sites (N-methyl/N-ethyl adjacent to an activating group) is 1. The van der Waals surface area contributed by atoms with E-state index in [1.54, 1.807) is 12.0 Å². The predicted octanol–water partition coefficient (Wildman–Crippen LogP) is 4.34. The van der Waals surface area contributed by atoms with Gasteiger partial charge in [0.2, 0.25) is 5.91 Å². The Bertz CT molecular complexity index is 1040. The van der Waals surface area contributed by atoms with Gasteiger partial charge >= 0.3 is 0 Å². The minimum Gasteiger partial charge on any atom is -0.497 e. The van der Waals surface area contributed by atoms with Gasteiger partial charge in [0.05, 0.1) is 24.2 Å². The number of rotatable bonds is 4. The standard InChI is InChI=1S/C23H25N3O3/c1-14-22(16(3)29-24-14)18-8-11-20-21(12-18)26(15(2)23(27)25(20)4)13-17-6-9-19(28-5)10-7-17/h6-12,15H,13H2,1-5H3/t15-/m1/s1. The molecule has 0 saturated carbocycles. The van der Waals surface area contributed by atoms with E-state index < -0.39 is 0 Å². The summed E-state index contributed by atoms with van der Waals surface area (Å²) in [5, 5.41) is 4.08. The van der Waals surface area contributed by atoms with Crippen LogP contribution in [0.15, 0.2) is 47.0 Å². The maximum absolute atomic E-state index is 12.8. The Labute approximate surface area is 170 Å². The lowest BCUT2D eigenvalue weighted by molar-refractivity contribution is -0.119. The van der Waals surface area contributed by atoms with Crippen LogP contribution in [0.2, 0.25) is 0 Å². The molecule has 150 valence electrons. The first-order valence-electron chi connectivity index (χ1n) is 9.65. The summed E-state index contributed by atoms with van der Waals surface area (Å²) in [6.45, 7) is 6.44. The van der Waals surface area contributed by atoms with Gasteiger partial charge in [0.15, 0.2) is 0 Å². The third kappa shape index (κ3) is 3.24. The second kappa shape index (κ2) is 7.28. The van der Waals surface area contributed by atoms with E-state index in [-0.39, 0.29) is 11.9 Å². The number of hydrogen-bond donors (Lipinski definition) is 0. The van der Waals surface area contributed by atoms with E-state index in [1.165, 1.54) is 0 Å². The summed E-state index contributed by atoms with van der Waals surface area (Å²) >= 11 is 0. The summed E-state index contributed by atoms with van der Waals surface area (Å²) in [5.41, 5.74) is 5.94. The summed E-state index contributed by atoms with van der Waals surface area (Å²) in [5.74, 6) is 1.69. The first kappa shape index (κ1) is 19.1. The highest BCUT2D eigenvalue weighted by Crippen LogP contribution is 2.40. The number of benzene rings is 2. The smallest absolute Gasteiger partial charge is 0.249 e. The van der Waals surface area contributed by atoms with Crippen molar-refractivity contribution in [1.82, 2.24) is 5.16 Å². The zero-order valence-corrected chi connectivity index (χ0v) is 17.4. The number of amides is 1. The first-order valence-corrected chi connectivity index (χ1v) is 9.65. The predicted molar refractivity (Wildman–Crippen MR) is 113 cm³/mol. The maximum Gasteiger partial charge on any atom is 0.249 e. The molecule has 2 heterocycles. The minimum absolute atomic E-state index is 0.0797. The number of carbonyl (C=O) groups is 1. The topological polar surface area (TPSA) is 58.8 Å². The van der Waals surface area contributed by atoms with Gasteiger partial charge in [0, 0.05) is 19.2 Å². The average molecular weight is 391 g/mol. The molecule has 1 aromatic heterocycles. The Morgan fingerprint density at radius 2 is 1.83 bits per heavy atom. The third-order valence-corrected chi connectivity index (χ3v) is 5.64. The van der Waals surface area contributed by atoms with Gasteiger partial charge in [0.25, 0.3) is 0 Å². The van der Waals surface area contributed by atoms with Gasteiger partial charge in [0.1, 0.15) is 17.6 Å². The van der Waals surface area contributed by atoms with E-state index in [4.69, 9.17) is 9.26 Å². The molecule has 0 aliphatic carbocycles. The van der Waals surface area contributed by atoms with Crippen molar-refractivity contribution in [2.45, 2.75) is 33.4 Å². The second-order valence-corrected chi connectivity index (χ2v) is 7.45. The number of hydrogen-bond acceptors (Lipinski definition) is 5. The van der Waals surface area contributed by atoms with Crippen molar-refractivity contribution in [2.24, 2.45) is 0 Å². The second-order valence-electron chi connectivity index (χ2n) is 7.45. The van der Waals surface area contributed by atoms with Crippen LogP contribution in [-0.4, -0.2) is 31.3 Å². The van der Waals surface area contributed by atoms with Crippen molar-refractivity contribution in [3.63, 3.8) is 0 Å². The number of fused-ring (bicyclic) bond motifs is 1. The number of aromatic nitrogens is 1. The number of ether oxygens (including phenoxy) is 1. The maximum atomic E-state index is 12.8. The Morgan fingerprint density at radius 3 is 2.45 bits per heavy atom. The molecule has 0 spiro atoms. The van der Waals surface area contributed by atoms with E-state index in [0.29, 0.717) is 6.54 Å². The van der Waals surface area contributed by atoms with E-state index in [0.717, 1.165) is 45.3 Å². The van der Waals surface area contributed by atoms with Crippen molar-refractivity contribution >= 4 is 17.3 Å². The number of carbonyl (C=O) groups excluding carboxylic acids is 1. The third-order valence-electron chi connectivity index (χ3n) is 5.64. The summed E-state index contributed by atoms with van der Waals surface area (Å²) in [6.07, 6.45) is 0. The van der Waals surface area contributed by atoms with Crippen molar-refractivity contribution < 1.29 is 14.1 Å². The fourth-order valence-corrected chi connectivity index (χ4v) is 3.98. The molecule has 0 unspecified atom stereocenters. The van der Waals surface area contributed by atoms with E-state index in [9.17, 15) is 4.79 Å². The molecule has 3 aromatic rings. The van der Waals surface area contributed by atoms with Crippen LogP contribution in [-0.2, 0) is 11.3 Å². The van der Waals surface area contributed by atoms with Crippen molar-refractivity contribution in [3.05, 3.63) is 59.5 Å². The molecule has 1 amide bonds. The van der Waals surface area contributed by atoms with Crippen molar-refractivity contribution in [2.75, 3.05) is 24.0 Å². The van der Waals surface area contributed by atoms with Gasteiger partial charge in [-0.25, -0.2) is 0 Å². The highest BCUT2D eigenvalue weighted by atomic mass is 16.5. The van der Waals surface area contributed by atoms with Crippen LogP contribution in [0.25, 0.3) is 11.1 Å². The number of nitrogens with zero attached hydrogens (tertiary/aromatic N) is 3. The summed E-state index contributed by atoms with van der Waals surface area (Å²) in [6, 6.07) is 13.8. The Morgan fingerprint density at radius 1 is 1.10 bits per heavy atom. The Kier molecular flexibility index (Phi) is 4.78. The van der Waals surface area contributed by atoms with Gasteiger partial charge < -0.3 is 19.1 Å². The molecule has 0 N–H and O–H groups in total. The largest absolute Gasteiger partial charge is 0.497 e. The molecule has 0 fully saturated rings. The molecule has 0 bridgehead atoms. The van der Waals surface area contributed by atoms with Crippen LogP contribution < -0.4 is 14.5 Å². The molecule has 1 aliphatic rings. The van der Waals surface area contributed by atoms with Crippen LogP contribution in [0.3, 0.4) is 0 Å². The first-order chi connectivity index (χ1) is 13.9. The van der Waals surface area contributed by atoms with Crippen molar-refractivity contribution in [3.8, 4) is 16.9 Å². The molecule has 6 heteroatoms. The summed E-state index contributed by atoms with van der Waals surface area (Å²) < 4.78 is 10.6. The highest BCUT2D eigenvalue weighted by molar-refractivity contribution is 6.05. The van der Waals surface area contributed by atoms with Crippen molar-refractivity contribution in [1.29, 1.82) is 0 Å². The monoisotopic (exact) mass is 391 g/mol. The summed E-state index contributed by atoms with van der Waals surface area (Å²) in [4.78, 5) is 16.7. The fraction of sp³-hybridized carbons (Fsp3) is 0.304. The molecule has 0 saturated heterocycles. The van der Waals surface area contributed by atoms with Crippen LogP contribution in [0, 0.1) is 13.8 Å². The average Bonchev–Trinajstić information content (AvgIpc) is 3.07. The Balaban J connectivity index is 1.78. The molecular weight excluding hydrogens is 366 g/mol. The van der Waals surface area contributed by atoms with Gasteiger partial charge in [-0.05, 0) is 56.2 Å². The number of anilines is 2. The zero-order chi connectivity index (χ0) is 20.7. The summed E-state index contributed by atoms with van der Waals surface area (Å²) in [7, 11) is 3.49. The lowest BCUT2D eigenvalue weighted by Gasteiger charge is -2.40. The van der Waals surface area contributed by atoms with Crippen LogP contribution in [0.1, 0.15) is 23.9 Å². The molecule has 4 rings (SSSR count). The zero-order valence-electron chi connectivity index (χ0n) is 17.4. The quantitative estimate of drug-likeness (QED) is 0.662. The van der Waals surface area contributed by atoms with Crippen LogP contribution in [0.4, 0.5) is 11.4 Å². The van der Waals surface area contributed by atoms with Gasteiger partial charge in [-0.15, -0.1) is 0 Å². The molecule has 0 radical (unpaired) electrons. The van der Waals surface area contributed by atoms with Gasteiger partial charge in [-0.1, -0.05) is 23.4 Å². The van der Waals surface area contributed by atoms with E-state index in [2.05, 4.69) is 16.1 Å². The minimum atomic E-state index is -0.269. The molecule has 1 aliphatic heterocycles. The van der Waals surface area contributed by atoms with Gasteiger partial charge in [-0.2, -0.15) is 0 Å². The number of methoxy groups -OCH3 is 1. The molecule has 2 aromatic carbocycles. The Hall–Kier alpha value is -3.28. The fourth-order valence-electron chi connectivity index (χ4n) is 3.98. The number of aryl methyl sites for hydroxylation is 2. The van der Waals surface area contributed by atoms with E-state index in [1.807, 2.05) is 64.2 Å². The van der Waals surface area contributed by atoms with Crippen LogP contribution >= 0.6 is 0 Å². The lowest BCUT2D eigenvalue weighted by atomic mass is 9.99. The molecular formula is C23H25N3O3. The van der Waals surface area contributed by atoms with Crippen LogP contribution in [0.5, 0.6) is 5.75 Å². The van der Waals surface area contributed by atoms with E-state index >= 15 is 0 Å². The molecule has 29 heavy (non-hydrogen) atoms. The molecule has 1 atom stereocenters. The normalized spacial score (nSPS) is 16.2. The highest BCUT2D eigenvalue weighted by Gasteiger charge is 2.34. The molecule has 6 nitrogen and oxygen atoms in total. The SMILES string of the molecule is COc1ccc(CN2c3cc(-c4c(C)noc4C)ccc3N(C)C(=O)[C@H]2C)cc1. The lowest BCUT2D eigenvalue weighted by Crippen LogP contribution is -2.50. The van der Waals surface area contributed by atoms with Gasteiger partial charge in [-0.3, -0.25) is 4.79 Å².